The highest BCUT2D eigenvalue weighted by Gasteiger charge is 2.21. The highest BCUT2D eigenvalue weighted by atomic mass is 79.9. The van der Waals surface area contributed by atoms with Crippen molar-refractivity contribution in [3.05, 3.63) is 70.2 Å². The van der Waals surface area contributed by atoms with Gasteiger partial charge in [-0.2, -0.15) is 0 Å². The first kappa shape index (κ1) is 22.9. The minimum absolute atomic E-state index is 0.00942. The molecular weight excluding hydrogens is 462 g/mol. The highest BCUT2D eigenvalue weighted by molar-refractivity contribution is 9.10. The van der Waals surface area contributed by atoms with Crippen LogP contribution in [0.1, 0.15) is 15.9 Å². The normalized spacial score (nSPS) is 14.6. The zero-order valence-electron chi connectivity index (χ0n) is 17.1. The topological polar surface area (TPSA) is 93.8 Å². The van der Waals surface area contributed by atoms with Crippen LogP contribution in [-0.4, -0.2) is 66.8 Å². The Bertz CT molecular complexity index is 901. The van der Waals surface area contributed by atoms with Gasteiger partial charge >= 0.3 is 0 Å². The van der Waals surface area contributed by atoms with Gasteiger partial charge in [0.05, 0.1) is 18.7 Å². The number of carbonyl (C=O) groups excluding carboxylic acids is 3. The van der Waals surface area contributed by atoms with Gasteiger partial charge in [-0.1, -0.05) is 42.5 Å². The van der Waals surface area contributed by atoms with Crippen molar-refractivity contribution in [3.63, 3.8) is 0 Å². The third-order valence-electron chi connectivity index (χ3n) is 4.97. The van der Waals surface area contributed by atoms with Crippen molar-refractivity contribution in [1.82, 2.24) is 26.0 Å². The second kappa shape index (κ2) is 11.6. The lowest BCUT2D eigenvalue weighted by Gasteiger charge is -2.33. The minimum Gasteiger partial charge on any atom is -0.351 e. The standard InChI is InChI=1S/C22H26BrN5O3/c23-19-9-5-4-8-18(19)22(31)26-25-21(30)16-28-12-10-27(11-13-28)15-20(29)24-14-17-6-2-1-3-7-17/h1-9H,10-16H2,(H,24,29)(H,25,30)(H,26,31). The van der Waals surface area contributed by atoms with Crippen LogP contribution < -0.4 is 16.2 Å². The summed E-state index contributed by atoms with van der Waals surface area (Å²) in [5.74, 6) is -0.675. The Balaban J connectivity index is 1.32. The van der Waals surface area contributed by atoms with Gasteiger partial charge in [-0.05, 0) is 33.6 Å². The van der Waals surface area contributed by atoms with Crippen LogP contribution in [0.2, 0.25) is 0 Å². The third-order valence-corrected chi connectivity index (χ3v) is 5.66. The Morgan fingerprint density at radius 3 is 2.00 bits per heavy atom. The molecule has 31 heavy (non-hydrogen) atoms. The number of amides is 3. The van der Waals surface area contributed by atoms with Crippen molar-refractivity contribution < 1.29 is 14.4 Å². The molecule has 164 valence electrons. The SMILES string of the molecule is O=C(CN1CCN(CC(=O)NNC(=O)c2ccccc2Br)CC1)NCc1ccccc1. The maximum atomic E-state index is 12.2. The molecule has 1 saturated heterocycles. The molecular formula is C22H26BrN5O3. The summed E-state index contributed by atoms with van der Waals surface area (Å²) < 4.78 is 0.658. The number of hydrogen-bond donors (Lipinski definition) is 3. The Morgan fingerprint density at radius 1 is 0.774 bits per heavy atom. The zero-order chi connectivity index (χ0) is 22.1. The van der Waals surface area contributed by atoms with Gasteiger partial charge in [-0.3, -0.25) is 35.0 Å². The second-order valence-electron chi connectivity index (χ2n) is 7.30. The molecule has 1 aliphatic heterocycles. The number of rotatable bonds is 7. The van der Waals surface area contributed by atoms with E-state index >= 15 is 0 Å². The van der Waals surface area contributed by atoms with Crippen LogP contribution in [0.5, 0.6) is 0 Å². The summed E-state index contributed by atoms with van der Waals surface area (Å²) in [6.07, 6.45) is 0. The molecule has 0 bridgehead atoms. The number of nitrogens with zero attached hydrogens (tertiary/aromatic N) is 2. The quantitative estimate of drug-likeness (QED) is 0.509. The van der Waals surface area contributed by atoms with Gasteiger partial charge in [0.2, 0.25) is 5.91 Å². The first-order valence-electron chi connectivity index (χ1n) is 10.1. The molecule has 1 aliphatic rings. The first-order chi connectivity index (χ1) is 15.0. The van der Waals surface area contributed by atoms with E-state index in [9.17, 15) is 14.4 Å². The van der Waals surface area contributed by atoms with Crippen LogP contribution in [0, 0.1) is 0 Å². The molecule has 3 rings (SSSR count). The largest absolute Gasteiger partial charge is 0.351 e. The molecule has 3 amide bonds. The summed E-state index contributed by atoms with van der Waals surface area (Å²) in [7, 11) is 0. The monoisotopic (exact) mass is 487 g/mol. The lowest BCUT2D eigenvalue weighted by Crippen LogP contribution is -2.53. The van der Waals surface area contributed by atoms with Crippen molar-refractivity contribution in [2.75, 3.05) is 39.3 Å². The van der Waals surface area contributed by atoms with E-state index in [1.165, 1.54) is 0 Å². The fourth-order valence-corrected chi connectivity index (χ4v) is 3.71. The van der Waals surface area contributed by atoms with E-state index in [0.29, 0.717) is 49.3 Å². The molecule has 1 fully saturated rings. The van der Waals surface area contributed by atoms with Crippen LogP contribution in [0.15, 0.2) is 59.1 Å². The van der Waals surface area contributed by atoms with Crippen LogP contribution >= 0.6 is 15.9 Å². The van der Waals surface area contributed by atoms with E-state index < -0.39 is 0 Å². The van der Waals surface area contributed by atoms with E-state index in [-0.39, 0.29) is 24.3 Å². The van der Waals surface area contributed by atoms with Crippen LogP contribution in [0.4, 0.5) is 0 Å². The minimum atomic E-state index is -0.382. The van der Waals surface area contributed by atoms with Gasteiger partial charge < -0.3 is 5.32 Å². The zero-order valence-corrected chi connectivity index (χ0v) is 18.7. The molecule has 0 atom stereocenters. The van der Waals surface area contributed by atoms with E-state index in [1.54, 1.807) is 18.2 Å². The number of nitrogens with one attached hydrogen (secondary N) is 3. The summed E-state index contributed by atoms with van der Waals surface area (Å²) in [6.45, 7) is 3.81. The van der Waals surface area contributed by atoms with Crippen molar-refractivity contribution in [3.8, 4) is 0 Å². The van der Waals surface area contributed by atoms with Crippen molar-refractivity contribution in [2.45, 2.75) is 6.54 Å². The fourth-order valence-electron chi connectivity index (χ4n) is 3.24. The molecule has 0 spiro atoms. The van der Waals surface area contributed by atoms with E-state index in [2.05, 4.69) is 37.0 Å². The molecule has 0 radical (unpaired) electrons. The van der Waals surface area contributed by atoms with Gasteiger partial charge in [-0.25, -0.2) is 0 Å². The molecule has 9 heteroatoms. The number of halogens is 1. The number of piperazine rings is 1. The third kappa shape index (κ3) is 7.46. The van der Waals surface area contributed by atoms with Crippen LogP contribution in [-0.2, 0) is 16.1 Å². The molecule has 2 aromatic carbocycles. The highest BCUT2D eigenvalue weighted by Crippen LogP contribution is 2.15. The van der Waals surface area contributed by atoms with Gasteiger partial charge in [0.15, 0.2) is 0 Å². The molecule has 2 aromatic rings. The smallest absolute Gasteiger partial charge is 0.270 e. The first-order valence-corrected chi connectivity index (χ1v) is 10.9. The van der Waals surface area contributed by atoms with Crippen molar-refractivity contribution >= 4 is 33.7 Å². The number of hydrazine groups is 1. The average molecular weight is 488 g/mol. The van der Waals surface area contributed by atoms with Gasteiger partial charge in [0.25, 0.3) is 11.8 Å². The molecule has 1 heterocycles. The predicted octanol–water partition coefficient (Wildman–Crippen LogP) is 1.14. The van der Waals surface area contributed by atoms with Crippen LogP contribution in [0.25, 0.3) is 0 Å². The Kier molecular flexibility index (Phi) is 8.57. The fraction of sp³-hybridized carbons (Fsp3) is 0.318. The summed E-state index contributed by atoms with van der Waals surface area (Å²) in [5.41, 5.74) is 6.40. The molecule has 0 aliphatic carbocycles. The van der Waals surface area contributed by atoms with Crippen LogP contribution in [0.3, 0.4) is 0 Å². The van der Waals surface area contributed by atoms with Gasteiger partial charge in [-0.15, -0.1) is 0 Å². The number of benzene rings is 2. The number of hydrogen-bond acceptors (Lipinski definition) is 5. The van der Waals surface area contributed by atoms with Crippen molar-refractivity contribution in [2.24, 2.45) is 0 Å². The Hall–Kier alpha value is -2.75. The van der Waals surface area contributed by atoms with Crippen molar-refractivity contribution in [1.29, 1.82) is 0 Å². The van der Waals surface area contributed by atoms with Gasteiger partial charge in [0.1, 0.15) is 0 Å². The molecule has 0 aromatic heterocycles. The predicted molar refractivity (Wildman–Crippen MR) is 121 cm³/mol. The maximum Gasteiger partial charge on any atom is 0.270 e. The molecule has 3 N–H and O–H groups in total. The summed E-state index contributed by atoms with van der Waals surface area (Å²) >= 11 is 3.31. The average Bonchev–Trinajstić information content (AvgIpc) is 2.78. The van der Waals surface area contributed by atoms with E-state index in [1.807, 2.05) is 41.3 Å². The molecule has 0 unspecified atom stereocenters. The Labute approximate surface area is 190 Å². The van der Waals surface area contributed by atoms with E-state index in [0.717, 1.165) is 5.56 Å². The van der Waals surface area contributed by atoms with E-state index in [4.69, 9.17) is 0 Å². The summed E-state index contributed by atoms with van der Waals surface area (Å²) in [6, 6.07) is 16.8. The second-order valence-corrected chi connectivity index (χ2v) is 8.15. The summed E-state index contributed by atoms with van der Waals surface area (Å²) in [5, 5.41) is 2.93. The maximum absolute atomic E-state index is 12.2. The molecule has 8 nitrogen and oxygen atoms in total. The number of carbonyl (C=O) groups is 3. The lowest BCUT2D eigenvalue weighted by molar-refractivity contribution is -0.125. The Morgan fingerprint density at radius 2 is 1.35 bits per heavy atom. The summed E-state index contributed by atoms with van der Waals surface area (Å²) in [4.78, 5) is 40.5. The lowest BCUT2D eigenvalue weighted by atomic mass is 10.2. The molecule has 0 saturated carbocycles. The van der Waals surface area contributed by atoms with Gasteiger partial charge in [0, 0.05) is 37.2 Å².